The van der Waals surface area contributed by atoms with Crippen molar-refractivity contribution in [3.8, 4) is 5.75 Å². The molecule has 4 rings (SSSR count). The van der Waals surface area contributed by atoms with E-state index in [2.05, 4.69) is 0 Å². The third-order valence-corrected chi connectivity index (χ3v) is 10.6. The molecule has 0 aromatic heterocycles. The summed E-state index contributed by atoms with van der Waals surface area (Å²) >= 11 is 0. The van der Waals surface area contributed by atoms with E-state index in [0.29, 0.717) is 40.9 Å². The fourth-order valence-corrected chi connectivity index (χ4v) is 9.13. The van der Waals surface area contributed by atoms with Crippen LogP contribution in [0.5, 0.6) is 5.75 Å². The Kier molecular flexibility index (Phi) is 5.93. The van der Waals surface area contributed by atoms with Crippen LogP contribution in [0.3, 0.4) is 0 Å². The molecule has 1 fully saturated rings. The van der Waals surface area contributed by atoms with Gasteiger partial charge in [-0.15, -0.1) is 0 Å². The zero-order valence-corrected chi connectivity index (χ0v) is 18.1. The van der Waals surface area contributed by atoms with E-state index in [1.54, 1.807) is 24.3 Å². The van der Waals surface area contributed by atoms with Crippen LogP contribution in [0.25, 0.3) is 10.8 Å². The monoisotopic (exact) mass is 470 g/mol. The second-order valence-electron chi connectivity index (χ2n) is 7.28. The largest absolute Gasteiger partial charge is 0.523 e. The quantitative estimate of drug-likeness (QED) is 0.405. The lowest BCUT2D eigenvalue weighted by molar-refractivity contribution is -0.0496. The number of fused-ring (bicyclic) bond motifs is 1. The second-order valence-corrected chi connectivity index (χ2v) is 12.1. The molecule has 0 radical (unpaired) electrons. The third-order valence-electron chi connectivity index (χ3n) is 5.18. The van der Waals surface area contributed by atoms with E-state index in [1.807, 2.05) is 42.5 Å². The van der Waals surface area contributed by atoms with Gasteiger partial charge in [0.1, 0.15) is 12.4 Å². The zero-order valence-electron chi connectivity index (χ0n) is 16.5. The predicted molar refractivity (Wildman–Crippen MR) is 116 cm³/mol. The molecule has 0 spiro atoms. The van der Waals surface area contributed by atoms with Gasteiger partial charge in [-0.25, -0.2) is 3.63 Å². The summed E-state index contributed by atoms with van der Waals surface area (Å²) in [5.41, 5.74) is -4.47. The first-order valence-electron chi connectivity index (χ1n) is 9.71. The maximum absolute atomic E-state index is 13.1. The molecule has 4 nitrogen and oxygen atoms in total. The van der Waals surface area contributed by atoms with E-state index in [9.17, 15) is 21.6 Å². The molecule has 3 aromatic carbocycles. The first-order valence-corrected chi connectivity index (χ1v) is 13.0. The molecule has 9 heteroatoms. The normalized spacial score (nSPS) is 17.5. The second kappa shape index (κ2) is 8.37. The van der Waals surface area contributed by atoms with Crippen LogP contribution in [0, 0.1) is 0 Å². The molecule has 1 aliphatic rings. The summed E-state index contributed by atoms with van der Waals surface area (Å²) in [6, 6.07) is 20.1. The Morgan fingerprint density at radius 1 is 0.839 bits per heavy atom. The summed E-state index contributed by atoms with van der Waals surface area (Å²) in [5.74, 6) is 1.13. The number of halogens is 3. The summed E-state index contributed by atoms with van der Waals surface area (Å²) in [6.45, 7) is 0.334. The van der Waals surface area contributed by atoms with Gasteiger partial charge >= 0.3 is 15.6 Å². The lowest BCUT2D eigenvalue weighted by atomic mass is 10.1. The average molecular weight is 471 g/mol. The van der Waals surface area contributed by atoms with Gasteiger partial charge in [0.15, 0.2) is 0 Å². The minimum absolute atomic E-state index is 0.274. The van der Waals surface area contributed by atoms with Crippen molar-refractivity contribution in [2.75, 3.05) is 11.5 Å². The topological polar surface area (TPSA) is 52.6 Å². The van der Waals surface area contributed by atoms with E-state index in [0.717, 1.165) is 5.56 Å². The van der Waals surface area contributed by atoms with Gasteiger partial charge in [0.05, 0.1) is 0 Å². The van der Waals surface area contributed by atoms with Crippen molar-refractivity contribution in [1.82, 2.24) is 0 Å². The minimum atomic E-state index is -5.71. The van der Waals surface area contributed by atoms with Crippen LogP contribution in [0.1, 0.15) is 18.4 Å². The van der Waals surface area contributed by atoms with Crippen molar-refractivity contribution in [2.45, 2.75) is 29.9 Å². The van der Waals surface area contributed by atoms with Crippen LogP contribution >= 0.6 is 10.3 Å². The molecular weight excluding hydrogens is 449 g/mol. The van der Waals surface area contributed by atoms with Crippen molar-refractivity contribution in [2.24, 2.45) is 0 Å². The van der Waals surface area contributed by atoms with Crippen molar-refractivity contribution in [1.29, 1.82) is 0 Å². The molecule has 0 atom stereocenters. The van der Waals surface area contributed by atoms with Gasteiger partial charge in [-0.1, -0.05) is 64.9 Å². The highest BCUT2D eigenvalue weighted by Crippen LogP contribution is 2.65. The molecule has 31 heavy (non-hydrogen) atoms. The third kappa shape index (κ3) is 4.40. The average Bonchev–Trinajstić information content (AvgIpc) is 3.20. The fraction of sp³-hybridized carbons (Fsp3) is 0.273. The van der Waals surface area contributed by atoms with Crippen LogP contribution in [-0.2, 0) is 20.4 Å². The van der Waals surface area contributed by atoms with Crippen LogP contribution < -0.4 is 4.74 Å². The molecule has 0 unspecified atom stereocenters. The smallest absolute Gasteiger partial charge is 0.488 e. The number of alkyl halides is 3. The van der Waals surface area contributed by atoms with E-state index < -0.39 is 25.9 Å². The molecule has 0 N–H and O–H groups in total. The van der Waals surface area contributed by atoms with Gasteiger partial charge in [-0.05, 0) is 35.9 Å². The van der Waals surface area contributed by atoms with Gasteiger partial charge in [0.25, 0.3) is 0 Å². The Bertz CT molecular complexity index is 1170. The molecule has 0 amide bonds. The van der Waals surface area contributed by atoms with Crippen molar-refractivity contribution in [3.05, 3.63) is 72.3 Å². The lowest BCUT2D eigenvalue weighted by Crippen LogP contribution is -2.27. The van der Waals surface area contributed by atoms with Crippen molar-refractivity contribution in [3.63, 3.8) is 0 Å². The highest BCUT2D eigenvalue weighted by atomic mass is 32.3. The number of hydrogen-bond donors (Lipinski definition) is 0. The zero-order chi connectivity index (χ0) is 22.1. The summed E-state index contributed by atoms with van der Waals surface area (Å²) in [4.78, 5) is 0.514. The standard InChI is InChI=1S/C22H21F3O4S2/c23-22(24,25)31(26,27)29-30(14-6-7-15-30)21-13-12-20(18-10-4-5-11-19(18)21)28-16-17-8-2-1-3-9-17/h1-5,8-13H,6-7,14-16H2. The Hall–Kier alpha value is -2.23. The molecule has 0 bridgehead atoms. The molecule has 3 aromatic rings. The van der Waals surface area contributed by atoms with E-state index in [1.165, 1.54) is 0 Å². The van der Waals surface area contributed by atoms with Gasteiger partial charge in [0, 0.05) is 21.8 Å². The molecule has 1 saturated heterocycles. The number of benzene rings is 3. The molecule has 1 aliphatic heterocycles. The van der Waals surface area contributed by atoms with Gasteiger partial charge in [-0.2, -0.15) is 21.6 Å². The fourth-order valence-electron chi connectivity index (χ4n) is 3.74. The van der Waals surface area contributed by atoms with E-state index >= 15 is 0 Å². The SMILES string of the molecule is O=S(=O)(OS1(c2ccc(OCc3ccccc3)c3ccccc23)CCCC1)C(F)(F)F. The van der Waals surface area contributed by atoms with Crippen molar-refractivity contribution < 1.29 is 30.0 Å². The van der Waals surface area contributed by atoms with E-state index in [4.69, 9.17) is 8.37 Å². The van der Waals surface area contributed by atoms with Crippen LogP contribution in [0.2, 0.25) is 0 Å². The van der Waals surface area contributed by atoms with Gasteiger partial charge < -0.3 is 4.74 Å². The molecule has 166 valence electrons. The first kappa shape index (κ1) is 22.0. The maximum atomic E-state index is 13.1. The molecule has 1 heterocycles. The lowest BCUT2D eigenvalue weighted by Gasteiger charge is -2.35. The van der Waals surface area contributed by atoms with Crippen molar-refractivity contribution >= 4 is 31.2 Å². The van der Waals surface area contributed by atoms with Crippen LogP contribution in [0.4, 0.5) is 13.2 Å². The predicted octanol–water partition coefficient (Wildman–Crippen LogP) is 6.16. The number of rotatable bonds is 6. The van der Waals surface area contributed by atoms with Gasteiger partial charge in [0.2, 0.25) is 0 Å². The van der Waals surface area contributed by atoms with Crippen LogP contribution in [-0.4, -0.2) is 25.4 Å². The first-order chi connectivity index (χ1) is 14.7. The molecular formula is C22H21F3O4S2. The molecule has 0 saturated carbocycles. The summed E-state index contributed by atoms with van der Waals surface area (Å²) in [6.07, 6.45) is 1.23. The van der Waals surface area contributed by atoms with Crippen LogP contribution in [0.15, 0.2) is 71.6 Å². The van der Waals surface area contributed by atoms with Gasteiger partial charge in [-0.3, -0.25) is 0 Å². The highest BCUT2D eigenvalue weighted by molar-refractivity contribution is 8.33. The Morgan fingerprint density at radius 3 is 2.10 bits per heavy atom. The number of hydrogen-bond acceptors (Lipinski definition) is 4. The highest BCUT2D eigenvalue weighted by Gasteiger charge is 2.52. The Labute approximate surface area is 180 Å². The molecule has 0 aliphatic carbocycles. The minimum Gasteiger partial charge on any atom is -0.488 e. The Morgan fingerprint density at radius 2 is 1.45 bits per heavy atom. The Balaban J connectivity index is 1.75. The summed E-state index contributed by atoms with van der Waals surface area (Å²) in [5, 5.41) is 1.37. The maximum Gasteiger partial charge on any atom is 0.523 e. The summed E-state index contributed by atoms with van der Waals surface area (Å²) < 4.78 is 74.1. The van der Waals surface area contributed by atoms with E-state index in [-0.39, 0.29) is 11.5 Å². The number of ether oxygens (including phenoxy) is 1. The summed E-state index contributed by atoms with van der Waals surface area (Å²) in [7, 11) is -8.36.